The second-order valence-corrected chi connectivity index (χ2v) is 7.05. The van der Waals surface area contributed by atoms with Gasteiger partial charge in [0.1, 0.15) is 11.4 Å². The molecule has 3 N–H and O–H groups in total. The lowest BCUT2D eigenvalue weighted by Gasteiger charge is -2.10. The fraction of sp³-hybridized carbons (Fsp3) is 0.0417. The monoisotopic (exact) mass is 433 g/mol. The quantitative estimate of drug-likeness (QED) is 0.306. The predicted molar refractivity (Wildman–Crippen MR) is 122 cm³/mol. The number of hydrogen-bond acceptors (Lipinski definition) is 4. The molecule has 0 aromatic heterocycles. The fourth-order valence-electron chi connectivity index (χ4n) is 2.63. The van der Waals surface area contributed by atoms with Crippen LogP contribution in [0.1, 0.15) is 28.4 Å². The number of carbonyl (C=O) groups is 2. The zero-order valence-corrected chi connectivity index (χ0v) is 17.4. The number of amides is 2. The number of benzene rings is 3. The van der Waals surface area contributed by atoms with Crippen molar-refractivity contribution in [1.82, 2.24) is 10.7 Å². The van der Waals surface area contributed by atoms with Crippen LogP contribution in [-0.2, 0) is 4.79 Å². The average molecular weight is 434 g/mol. The van der Waals surface area contributed by atoms with E-state index in [9.17, 15) is 14.7 Å². The normalized spacial score (nSPS) is 11.7. The Labute approximate surface area is 184 Å². The molecule has 0 aliphatic rings. The van der Waals surface area contributed by atoms with Crippen LogP contribution >= 0.6 is 11.6 Å². The maximum absolute atomic E-state index is 12.8. The Kier molecular flexibility index (Phi) is 7.19. The molecule has 0 aliphatic carbocycles. The van der Waals surface area contributed by atoms with E-state index in [1.807, 2.05) is 0 Å². The smallest absolute Gasteiger partial charge is 0.287 e. The van der Waals surface area contributed by atoms with Gasteiger partial charge in [0, 0.05) is 10.6 Å². The van der Waals surface area contributed by atoms with Crippen molar-refractivity contribution in [3.8, 4) is 5.75 Å². The van der Waals surface area contributed by atoms with Gasteiger partial charge >= 0.3 is 0 Å². The van der Waals surface area contributed by atoms with Crippen LogP contribution in [0, 0.1) is 0 Å². The third-order valence-electron chi connectivity index (χ3n) is 4.32. The molecule has 0 saturated carbocycles. The van der Waals surface area contributed by atoms with Crippen LogP contribution in [0.5, 0.6) is 5.75 Å². The van der Waals surface area contributed by atoms with Crippen molar-refractivity contribution in [3.05, 3.63) is 106 Å². The third kappa shape index (κ3) is 6.29. The second-order valence-electron chi connectivity index (χ2n) is 6.61. The maximum Gasteiger partial charge on any atom is 0.287 e. The van der Waals surface area contributed by atoms with E-state index in [2.05, 4.69) is 15.8 Å². The van der Waals surface area contributed by atoms with Crippen LogP contribution in [-0.4, -0.2) is 22.6 Å². The summed E-state index contributed by atoms with van der Waals surface area (Å²) in [5.41, 5.74) is 4.85. The lowest BCUT2D eigenvalue weighted by molar-refractivity contribution is -0.117. The molecule has 0 aliphatic heterocycles. The van der Waals surface area contributed by atoms with E-state index in [1.54, 1.807) is 73.7 Å². The summed E-state index contributed by atoms with van der Waals surface area (Å²) in [7, 11) is 0. The molecule has 0 unspecified atom stereocenters. The molecule has 3 aromatic carbocycles. The summed E-state index contributed by atoms with van der Waals surface area (Å²) in [6.07, 6.45) is 1.54. The van der Waals surface area contributed by atoms with Gasteiger partial charge in [-0.15, -0.1) is 0 Å². The highest BCUT2D eigenvalue weighted by Gasteiger charge is 2.14. The number of halogens is 1. The van der Waals surface area contributed by atoms with Crippen LogP contribution in [0.4, 0.5) is 0 Å². The van der Waals surface area contributed by atoms with Crippen molar-refractivity contribution in [1.29, 1.82) is 0 Å². The SMILES string of the molecule is C/C(=N\NC(=O)/C(=C/c1ccc(Cl)cc1)NC(=O)c1ccccc1)c1ccc(O)cc1. The van der Waals surface area contributed by atoms with Gasteiger partial charge in [-0.2, -0.15) is 5.10 Å². The molecule has 0 saturated heterocycles. The molecule has 0 atom stereocenters. The van der Waals surface area contributed by atoms with Crippen LogP contribution in [0.3, 0.4) is 0 Å². The Hall–Kier alpha value is -3.90. The Balaban J connectivity index is 1.83. The molecule has 3 rings (SSSR count). The zero-order chi connectivity index (χ0) is 22.2. The molecule has 2 amide bonds. The van der Waals surface area contributed by atoms with E-state index in [0.717, 1.165) is 5.56 Å². The summed E-state index contributed by atoms with van der Waals surface area (Å²) in [6, 6.07) is 21.9. The number of rotatable bonds is 6. The van der Waals surface area contributed by atoms with Gasteiger partial charge in [-0.1, -0.05) is 41.9 Å². The van der Waals surface area contributed by atoms with Crippen molar-refractivity contribution in [2.24, 2.45) is 5.10 Å². The van der Waals surface area contributed by atoms with Crippen LogP contribution < -0.4 is 10.7 Å². The Bertz CT molecular complexity index is 1120. The molecule has 0 fully saturated rings. The number of nitrogens with zero attached hydrogens (tertiary/aromatic N) is 1. The summed E-state index contributed by atoms with van der Waals surface area (Å²) < 4.78 is 0. The van der Waals surface area contributed by atoms with Gasteiger partial charge in [0.15, 0.2) is 0 Å². The minimum Gasteiger partial charge on any atom is -0.508 e. The third-order valence-corrected chi connectivity index (χ3v) is 4.57. The molecule has 0 radical (unpaired) electrons. The Morgan fingerprint density at radius 2 is 1.55 bits per heavy atom. The molecule has 0 bridgehead atoms. The van der Waals surface area contributed by atoms with Crippen molar-refractivity contribution in [2.75, 3.05) is 0 Å². The fourth-order valence-corrected chi connectivity index (χ4v) is 2.76. The highest BCUT2D eigenvalue weighted by Crippen LogP contribution is 2.13. The number of hydrazone groups is 1. The predicted octanol–water partition coefficient (Wildman–Crippen LogP) is 4.36. The topological polar surface area (TPSA) is 90.8 Å². The molecular formula is C24H20ClN3O3. The molecular weight excluding hydrogens is 414 g/mol. The molecule has 7 heteroatoms. The summed E-state index contributed by atoms with van der Waals surface area (Å²) in [6.45, 7) is 1.72. The lowest BCUT2D eigenvalue weighted by atomic mass is 10.1. The summed E-state index contributed by atoms with van der Waals surface area (Å²) in [5, 5.41) is 16.7. The van der Waals surface area contributed by atoms with Crippen LogP contribution in [0.2, 0.25) is 5.02 Å². The molecule has 31 heavy (non-hydrogen) atoms. The van der Waals surface area contributed by atoms with E-state index in [1.165, 1.54) is 18.2 Å². The summed E-state index contributed by atoms with van der Waals surface area (Å²) >= 11 is 5.92. The van der Waals surface area contributed by atoms with E-state index in [-0.39, 0.29) is 11.4 Å². The van der Waals surface area contributed by atoms with E-state index in [4.69, 9.17) is 11.6 Å². The number of aromatic hydroxyl groups is 1. The second kappa shape index (κ2) is 10.2. The first-order chi connectivity index (χ1) is 14.9. The summed E-state index contributed by atoms with van der Waals surface area (Å²) in [4.78, 5) is 25.4. The molecule has 0 spiro atoms. The zero-order valence-electron chi connectivity index (χ0n) is 16.7. The Morgan fingerprint density at radius 3 is 2.19 bits per heavy atom. The number of nitrogens with one attached hydrogen (secondary N) is 2. The molecule has 3 aromatic rings. The standard InChI is InChI=1S/C24H20ClN3O3/c1-16(18-9-13-21(29)14-10-18)27-28-24(31)22(15-17-7-11-20(25)12-8-17)26-23(30)19-5-3-2-4-6-19/h2-15,29H,1H3,(H,26,30)(H,28,31)/b22-15-,27-16+. The largest absolute Gasteiger partial charge is 0.508 e. The molecule has 6 nitrogen and oxygen atoms in total. The van der Waals surface area contributed by atoms with Crippen molar-refractivity contribution in [3.63, 3.8) is 0 Å². The number of phenolic OH excluding ortho intramolecular Hbond substituents is 1. The van der Waals surface area contributed by atoms with E-state index in [0.29, 0.717) is 21.9 Å². The van der Waals surface area contributed by atoms with E-state index < -0.39 is 11.8 Å². The van der Waals surface area contributed by atoms with Crippen molar-refractivity contribution in [2.45, 2.75) is 6.92 Å². The van der Waals surface area contributed by atoms with Crippen LogP contribution in [0.25, 0.3) is 6.08 Å². The highest BCUT2D eigenvalue weighted by molar-refractivity contribution is 6.30. The first-order valence-corrected chi connectivity index (χ1v) is 9.78. The number of hydrogen-bond donors (Lipinski definition) is 3. The van der Waals surface area contributed by atoms with Gasteiger partial charge in [0.25, 0.3) is 11.8 Å². The van der Waals surface area contributed by atoms with Gasteiger partial charge in [-0.05, 0) is 72.7 Å². The van der Waals surface area contributed by atoms with Crippen molar-refractivity contribution < 1.29 is 14.7 Å². The first kappa shape index (κ1) is 21.8. The van der Waals surface area contributed by atoms with Gasteiger partial charge in [-0.3, -0.25) is 9.59 Å². The van der Waals surface area contributed by atoms with E-state index >= 15 is 0 Å². The summed E-state index contributed by atoms with van der Waals surface area (Å²) in [5.74, 6) is -0.870. The molecule has 0 heterocycles. The highest BCUT2D eigenvalue weighted by atomic mass is 35.5. The Morgan fingerprint density at radius 1 is 0.903 bits per heavy atom. The first-order valence-electron chi connectivity index (χ1n) is 9.40. The van der Waals surface area contributed by atoms with Gasteiger partial charge in [0.2, 0.25) is 0 Å². The minimum atomic E-state index is -0.586. The van der Waals surface area contributed by atoms with Crippen molar-refractivity contribution >= 4 is 35.2 Å². The van der Waals surface area contributed by atoms with Gasteiger partial charge < -0.3 is 10.4 Å². The molecule has 156 valence electrons. The maximum atomic E-state index is 12.8. The minimum absolute atomic E-state index is 0.0263. The average Bonchev–Trinajstić information content (AvgIpc) is 2.79. The lowest BCUT2D eigenvalue weighted by Crippen LogP contribution is -2.33. The van der Waals surface area contributed by atoms with Gasteiger partial charge in [0.05, 0.1) is 5.71 Å². The van der Waals surface area contributed by atoms with Crippen LogP contribution in [0.15, 0.2) is 89.7 Å². The number of phenols is 1. The number of carbonyl (C=O) groups excluding carboxylic acids is 2. The van der Waals surface area contributed by atoms with Gasteiger partial charge in [-0.25, -0.2) is 5.43 Å².